The lowest BCUT2D eigenvalue weighted by molar-refractivity contribution is -0.154. The average Bonchev–Trinajstić information content (AvgIpc) is 2.74. The molecule has 1 fully saturated rings. The number of hydrogen-bond acceptors (Lipinski definition) is 5. The number of ether oxygens (including phenoxy) is 1. The summed E-state index contributed by atoms with van der Waals surface area (Å²) in [6, 6.07) is 10.2. The highest BCUT2D eigenvalue weighted by molar-refractivity contribution is 5.94. The quantitative estimate of drug-likeness (QED) is 0.754. The standard InChI is InChI=1S/C21H23F3N4O3/c1-15-2-5-17(6-3-15)26-18(29)13-27-8-10-28(11-9-27)20(30)16-4-7-19(25-12-16)31-14-21(22,23)24/h2-7,12H,8-11,13-14H2,1H3,(H,26,29). The molecule has 0 bridgehead atoms. The molecule has 1 aromatic heterocycles. The van der Waals surface area contributed by atoms with Crippen LogP contribution in [0.15, 0.2) is 42.6 Å². The molecule has 1 aliphatic rings. The molecule has 2 heterocycles. The lowest BCUT2D eigenvalue weighted by Crippen LogP contribution is -2.50. The third-order valence-corrected chi connectivity index (χ3v) is 4.73. The number of alkyl halides is 3. The van der Waals surface area contributed by atoms with Gasteiger partial charge in [0.15, 0.2) is 6.61 Å². The minimum atomic E-state index is -4.45. The highest BCUT2D eigenvalue weighted by Crippen LogP contribution is 2.18. The predicted octanol–water partition coefficient (Wildman–Crippen LogP) is 2.73. The molecular weight excluding hydrogens is 413 g/mol. The van der Waals surface area contributed by atoms with E-state index >= 15 is 0 Å². The van der Waals surface area contributed by atoms with E-state index in [2.05, 4.69) is 15.0 Å². The molecule has 2 aromatic rings. The summed E-state index contributed by atoms with van der Waals surface area (Å²) in [4.78, 5) is 32.2. The number of rotatable bonds is 6. The minimum absolute atomic E-state index is 0.123. The molecule has 10 heteroatoms. The second kappa shape index (κ2) is 9.78. The molecule has 31 heavy (non-hydrogen) atoms. The fourth-order valence-corrected chi connectivity index (χ4v) is 3.08. The smallest absolute Gasteiger partial charge is 0.422 e. The van der Waals surface area contributed by atoms with E-state index in [0.29, 0.717) is 26.2 Å². The molecule has 1 aromatic carbocycles. The number of halogens is 3. The first-order valence-corrected chi connectivity index (χ1v) is 9.73. The van der Waals surface area contributed by atoms with Gasteiger partial charge in [-0.25, -0.2) is 4.98 Å². The van der Waals surface area contributed by atoms with Crippen molar-refractivity contribution in [2.45, 2.75) is 13.1 Å². The van der Waals surface area contributed by atoms with Crippen molar-refractivity contribution in [1.29, 1.82) is 0 Å². The summed E-state index contributed by atoms with van der Waals surface area (Å²) in [5.41, 5.74) is 2.11. The van der Waals surface area contributed by atoms with E-state index in [1.807, 2.05) is 36.1 Å². The van der Waals surface area contributed by atoms with E-state index in [-0.39, 0.29) is 29.8 Å². The first-order valence-electron chi connectivity index (χ1n) is 9.73. The van der Waals surface area contributed by atoms with Gasteiger partial charge in [-0.15, -0.1) is 0 Å². The van der Waals surface area contributed by atoms with Crippen LogP contribution in [0.4, 0.5) is 18.9 Å². The third kappa shape index (κ3) is 6.95. The summed E-state index contributed by atoms with van der Waals surface area (Å²) >= 11 is 0. The zero-order chi connectivity index (χ0) is 22.4. The second-order valence-electron chi connectivity index (χ2n) is 7.27. The molecule has 1 N–H and O–H groups in total. The van der Waals surface area contributed by atoms with Gasteiger partial charge in [-0.05, 0) is 25.1 Å². The predicted molar refractivity (Wildman–Crippen MR) is 108 cm³/mol. The lowest BCUT2D eigenvalue weighted by Gasteiger charge is -2.34. The number of amides is 2. The van der Waals surface area contributed by atoms with E-state index in [1.54, 1.807) is 4.90 Å². The second-order valence-corrected chi connectivity index (χ2v) is 7.27. The summed E-state index contributed by atoms with van der Waals surface area (Å²) in [5.74, 6) is -0.584. The molecule has 0 unspecified atom stereocenters. The van der Waals surface area contributed by atoms with Crippen molar-refractivity contribution < 1.29 is 27.5 Å². The molecule has 1 aliphatic heterocycles. The Hall–Kier alpha value is -3.14. The number of nitrogens with one attached hydrogen (secondary N) is 1. The molecule has 2 amide bonds. The van der Waals surface area contributed by atoms with Gasteiger partial charge >= 0.3 is 6.18 Å². The number of hydrogen-bond donors (Lipinski definition) is 1. The van der Waals surface area contributed by atoms with Crippen molar-refractivity contribution in [2.75, 3.05) is 44.6 Å². The maximum atomic E-state index is 12.6. The van der Waals surface area contributed by atoms with Crippen LogP contribution in [-0.2, 0) is 4.79 Å². The van der Waals surface area contributed by atoms with E-state index in [4.69, 9.17) is 0 Å². The molecule has 7 nitrogen and oxygen atoms in total. The Kier molecular flexibility index (Phi) is 7.11. The van der Waals surface area contributed by atoms with Crippen LogP contribution < -0.4 is 10.1 Å². The maximum absolute atomic E-state index is 12.6. The molecule has 3 rings (SSSR count). The van der Waals surface area contributed by atoms with Crippen molar-refractivity contribution in [3.8, 4) is 5.88 Å². The van der Waals surface area contributed by atoms with Crippen molar-refractivity contribution in [3.05, 3.63) is 53.7 Å². The highest BCUT2D eigenvalue weighted by Gasteiger charge is 2.29. The van der Waals surface area contributed by atoms with Gasteiger partial charge in [0.05, 0.1) is 12.1 Å². The van der Waals surface area contributed by atoms with Crippen LogP contribution in [0, 0.1) is 6.92 Å². The monoisotopic (exact) mass is 436 g/mol. The number of benzene rings is 1. The van der Waals surface area contributed by atoms with Crippen LogP contribution >= 0.6 is 0 Å². The van der Waals surface area contributed by atoms with Gasteiger partial charge < -0.3 is 15.0 Å². The normalized spacial score (nSPS) is 14.9. The number of carbonyl (C=O) groups is 2. The third-order valence-electron chi connectivity index (χ3n) is 4.73. The molecule has 0 spiro atoms. The summed E-state index contributed by atoms with van der Waals surface area (Å²) in [6.07, 6.45) is -3.25. The number of carbonyl (C=O) groups excluding carboxylic acids is 2. The molecular formula is C21H23F3N4O3. The Balaban J connectivity index is 1.45. The van der Waals surface area contributed by atoms with E-state index in [9.17, 15) is 22.8 Å². The van der Waals surface area contributed by atoms with Gasteiger partial charge in [-0.3, -0.25) is 14.5 Å². The van der Waals surface area contributed by atoms with Crippen LogP contribution in [0.2, 0.25) is 0 Å². The number of aryl methyl sites for hydroxylation is 1. The van der Waals surface area contributed by atoms with Gasteiger partial charge in [0.2, 0.25) is 11.8 Å². The molecule has 0 saturated carbocycles. The zero-order valence-electron chi connectivity index (χ0n) is 17.0. The van der Waals surface area contributed by atoms with Gasteiger partial charge in [-0.2, -0.15) is 13.2 Å². The molecule has 0 atom stereocenters. The summed E-state index contributed by atoms with van der Waals surface area (Å²) in [5, 5.41) is 2.85. The number of anilines is 1. The van der Waals surface area contributed by atoms with Crippen LogP contribution in [0.5, 0.6) is 5.88 Å². The van der Waals surface area contributed by atoms with E-state index in [1.165, 1.54) is 18.3 Å². The molecule has 0 radical (unpaired) electrons. The topological polar surface area (TPSA) is 74.8 Å². The van der Waals surface area contributed by atoms with Crippen LogP contribution in [0.1, 0.15) is 15.9 Å². The summed E-state index contributed by atoms with van der Waals surface area (Å²) < 4.78 is 41.1. The zero-order valence-corrected chi connectivity index (χ0v) is 17.0. The maximum Gasteiger partial charge on any atom is 0.422 e. The number of aromatic nitrogens is 1. The fraction of sp³-hybridized carbons (Fsp3) is 0.381. The van der Waals surface area contributed by atoms with Gasteiger partial charge in [-0.1, -0.05) is 17.7 Å². The van der Waals surface area contributed by atoms with Crippen molar-refractivity contribution in [2.24, 2.45) is 0 Å². The average molecular weight is 436 g/mol. The Morgan fingerprint density at radius 1 is 1.06 bits per heavy atom. The van der Waals surface area contributed by atoms with E-state index < -0.39 is 12.8 Å². The fourth-order valence-electron chi connectivity index (χ4n) is 3.08. The van der Waals surface area contributed by atoms with Gasteiger partial charge in [0.25, 0.3) is 5.91 Å². The largest absolute Gasteiger partial charge is 0.468 e. The first-order chi connectivity index (χ1) is 14.7. The summed E-state index contributed by atoms with van der Waals surface area (Å²) in [6.45, 7) is 2.69. The lowest BCUT2D eigenvalue weighted by atomic mass is 10.2. The Morgan fingerprint density at radius 3 is 2.32 bits per heavy atom. The number of pyridine rings is 1. The van der Waals surface area contributed by atoms with Crippen molar-refractivity contribution >= 4 is 17.5 Å². The highest BCUT2D eigenvalue weighted by atomic mass is 19.4. The first kappa shape index (κ1) is 22.5. The van der Waals surface area contributed by atoms with E-state index in [0.717, 1.165) is 11.3 Å². The number of nitrogens with zero attached hydrogens (tertiary/aromatic N) is 3. The van der Waals surface area contributed by atoms with Crippen molar-refractivity contribution in [3.63, 3.8) is 0 Å². The van der Waals surface area contributed by atoms with Gasteiger partial charge in [0, 0.05) is 44.1 Å². The summed E-state index contributed by atoms with van der Waals surface area (Å²) in [7, 11) is 0. The van der Waals surface area contributed by atoms with Crippen LogP contribution in [-0.4, -0.2) is 72.1 Å². The molecule has 166 valence electrons. The Morgan fingerprint density at radius 2 is 1.74 bits per heavy atom. The van der Waals surface area contributed by atoms with Gasteiger partial charge in [0.1, 0.15) is 0 Å². The van der Waals surface area contributed by atoms with Crippen LogP contribution in [0.3, 0.4) is 0 Å². The SMILES string of the molecule is Cc1ccc(NC(=O)CN2CCN(C(=O)c3ccc(OCC(F)(F)F)nc3)CC2)cc1. The minimum Gasteiger partial charge on any atom is -0.468 e. The van der Waals surface area contributed by atoms with Crippen LogP contribution in [0.25, 0.3) is 0 Å². The molecule has 1 saturated heterocycles. The molecule has 0 aliphatic carbocycles. The number of piperazine rings is 1. The van der Waals surface area contributed by atoms with Crippen molar-refractivity contribution in [1.82, 2.24) is 14.8 Å². The Labute approximate surface area is 177 Å². The Bertz CT molecular complexity index is 894.